The van der Waals surface area contributed by atoms with Crippen LogP contribution in [0, 0.1) is 17.0 Å². The third kappa shape index (κ3) is 1.44. The second kappa shape index (κ2) is 3.20. The van der Waals surface area contributed by atoms with Crippen LogP contribution in [0.2, 0.25) is 0 Å². The molecule has 1 aliphatic heterocycles. The second-order valence-corrected chi connectivity index (χ2v) is 3.80. The molecule has 2 rings (SSSR count). The summed E-state index contributed by atoms with van der Waals surface area (Å²) in [5.41, 5.74) is 6.18. The lowest BCUT2D eigenvalue weighted by atomic mass is 10.1. The number of nitrogens with two attached hydrogens (primary N) is 1. The van der Waals surface area contributed by atoms with Gasteiger partial charge in [0.15, 0.2) is 0 Å². The molecule has 0 saturated carbocycles. The minimum atomic E-state index is -0.387. The molecule has 0 spiro atoms. The van der Waals surface area contributed by atoms with Gasteiger partial charge in [0.2, 0.25) is 5.82 Å². The van der Waals surface area contributed by atoms with Crippen LogP contribution in [-0.4, -0.2) is 33.8 Å². The molecule has 0 amide bonds. The van der Waals surface area contributed by atoms with E-state index in [0.29, 0.717) is 24.6 Å². The van der Waals surface area contributed by atoms with Gasteiger partial charge in [-0.15, -0.1) is 0 Å². The van der Waals surface area contributed by atoms with Crippen LogP contribution in [0.3, 0.4) is 0 Å². The van der Waals surface area contributed by atoms with Crippen molar-refractivity contribution < 1.29 is 4.92 Å². The summed E-state index contributed by atoms with van der Waals surface area (Å²) in [6.07, 6.45) is 0. The van der Waals surface area contributed by atoms with E-state index in [1.54, 1.807) is 18.7 Å². The molecule has 7 nitrogen and oxygen atoms in total. The van der Waals surface area contributed by atoms with E-state index in [4.69, 9.17) is 5.73 Å². The fourth-order valence-corrected chi connectivity index (χ4v) is 1.89. The van der Waals surface area contributed by atoms with Gasteiger partial charge in [-0.1, -0.05) is 0 Å². The number of nitro groups is 1. The van der Waals surface area contributed by atoms with Gasteiger partial charge in [-0.3, -0.25) is 10.1 Å². The first-order chi connectivity index (χ1) is 7.00. The van der Waals surface area contributed by atoms with E-state index < -0.39 is 0 Å². The van der Waals surface area contributed by atoms with Gasteiger partial charge in [0, 0.05) is 26.2 Å². The summed E-state index contributed by atoms with van der Waals surface area (Å²) in [7, 11) is 1.71. The third-order valence-electron chi connectivity index (χ3n) is 2.55. The van der Waals surface area contributed by atoms with Crippen LogP contribution in [0.25, 0.3) is 0 Å². The van der Waals surface area contributed by atoms with Crippen molar-refractivity contribution in [3.8, 4) is 0 Å². The average molecular weight is 211 g/mol. The van der Waals surface area contributed by atoms with Gasteiger partial charge < -0.3 is 10.6 Å². The largest absolute Gasteiger partial charge is 0.348 e. The molecule has 2 heterocycles. The van der Waals surface area contributed by atoms with Gasteiger partial charge in [0.25, 0.3) is 0 Å². The van der Waals surface area contributed by atoms with Crippen LogP contribution in [0.4, 0.5) is 11.5 Å². The van der Waals surface area contributed by atoms with E-state index in [1.807, 2.05) is 4.90 Å². The third-order valence-corrected chi connectivity index (χ3v) is 2.55. The Balaban J connectivity index is 2.41. The summed E-state index contributed by atoms with van der Waals surface area (Å²) in [6.45, 7) is 2.95. The molecular weight excluding hydrogens is 198 g/mol. The molecule has 1 saturated heterocycles. The van der Waals surface area contributed by atoms with Crippen molar-refractivity contribution in [2.45, 2.75) is 13.0 Å². The lowest BCUT2D eigenvalue weighted by Crippen LogP contribution is -2.56. The fourth-order valence-electron chi connectivity index (χ4n) is 1.89. The van der Waals surface area contributed by atoms with Gasteiger partial charge in [-0.2, -0.15) is 5.10 Å². The maximum absolute atomic E-state index is 10.9. The Morgan fingerprint density at radius 2 is 2.20 bits per heavy atom. The SMILES string of the molecule is Cc1nn(C)c(N2CC(N)C2)c1[N+](=O)[O-]. The molecule has 82 valence electrons. The second-order valence-electron chi connectivity index (χ2n) is 3.80. The first-order valence-electron chi connectivity index (χ1n) is 4.69. The summed E-state index contributed by atoms with van der Waals surface area (Å²) in [5, 5.41) is 14.9. The van der Waals surface area contributed by atoms with Gasteiger partial charge in [0.1, 0.15) is 5.69 Å². The summed E-state index contributed by atoms with van der Waals surface area (Å²) < 4.78 is 1.54. The number of anilines is 1. The first-order valence-corrected chi connectivity index (χ1v) is 4.69. The van der Waals surface area contributed by atoms with Crippen molar-refractivity contribution in [3.05, 3.63) is 15.8 Å². The van der Waals surface area contributed by atoms with Gasteiger partial charge in [-0.25, -0.2) is 4.68 Å². The molecular formula is C8H13N5O2. The molecule has 0 atom stereocenters. The van der Waals surface area contributed by atoms with Crippen LogP contribution in [0.5, 0.6) is 0 Å². The molecule has 1 aromatic rings. The quantitative estimate of drug-likeness (QED) is 0.539. The highest BCUT2D eigenvalue weighted by atomic mass is 16.6. The molecule has 1 aromatic heterocycles. The zero-order chi connectivity index (χ0) is 11.2. The topological polar surface area (TPSA) is 90.2 Å². The molecule has 1 fully saturated rings. The Kier molecular flexibility index (Phi) is 2.11. The van der Waals surface area contributed by atoms with Crippen molar-refractivity contribution in [2.24, 2.45) is 12.8 Å². The number of aryl methyl sites for hydroxylation is 2. The van der Waals surface area contributed by atoms with E-state index >= 15 is 0 Å². The molecule has 0 radical (unpaired) electrons. The molecule has 7 heteroatoms. The van der Waals surface area contributed by atoms with Gasteiger partial charge in [-0.05, 0) is 6.92 Å². The molecule has 0 bridgehead atoms. The van der Waals surface area contributed by atoms with Crippen LogP contribution in [-0.2, 0) is 7.05 Å². The number of hydrogen-bond acceptors (Lipinski definition) is 5. The highest BCUT2D eigenvalue weighted by Crippen LogP contribution is 2.32. The van der Waals surface area contributed by atoms with Crippen molar-refractivity contribution >= 4 is 11.5 Å². The molecule has 0 aliphatic carbocycles. The van der Waals surface area contributed by atoms with E-state index in [0.717, 1.165) is 0 Å². The van der Waals surface area contributed by atoms with Crippen LogP contribution < -0.4 is 10.6 Å². The minimum Gasteiger partial charge on any atom is -0.348 e. The summed E-state index contributed by atoms with van der Waals surface area (Å²) in [6, 6.07) is 0.111. The molecule has 0 unspecified atom stereocenters. The van der Waals surface area contributed by atoms with Crippen molar-refractivity contribution in [3.63, 3.8) is 0 Å². The Morgan fingerprint density at radius 1 is 1.60 bits per heavy atom. The number of hydrogen-bond donors (Lipinski definition) is 1. The summed E-state index contributed by atoms with van der Waals surface area (Å²) in [5.74, 6) is 0.555. The smallest absolute Gasteiger partial charge is 0.333 e. The van der Waals surface area contributed by atoms with Crippen LogP contribution in [0.15, 0.2) is 0 Å². The van der Waals surface area contributed by atoms with Gasteiger partial charge >= 0.3 is 5.69 Å². The number of rotatable bonds is 2. The lowest BCUT2D eigenvalue weighted by Gasteiger charge is -2.37. The highest BCUT2D eigenvalue weighted by Gasteiger charge is 2.34. The molecule has 1 aliphatic rings. The van der Waals surface area contributed by atoms with Crippen molar-refractivity contribution in [1.82, 2.24) is 9.78 Å². The molecule has 15 heavy (non-hydrogen) atoms. The number of nitrogens with zero attached hydrogens (tertiary/aromatic N) is 4. The highest BCUT2D eigenvalue weighted by molar-refractivity contribution is 5.62. The lowest BCUT2D eigenvalue weighted by molar-refractivity contribution is -0.384. The van der Waals surface area contributed by atoms with E-state index in [2.05, 4.69) is 5.10 Å². The normalized spacial score (nSPS) is 16.6. The van der Waals surface area contributed by atoms with E-state index in [-0.39, 0.29) is 16.7 Å². The molecule has 0 aromatic carbocycles. The Hall–Kier alpha value is -1.63. The van der Waals surface area contributed by atoms with Crippen LogP contribution >= 0.6 is 0 Å². The Morgan fingerprint density at radius 3 is 2.67 bits per heavy atom. The fraction of sp³-hybridized carbons (Fsp3) is 0.625. The summed E-state index contributed by atoms with van der Waals surface area (Å²) in [4.78, 5) is 12.4. The monoisotopic (exact) mass is 211 g/mol. The van der Waals surface area contributed by atoms with Crippen molar-refractivity contribution in [2.75, 3.05) is 18.0 Å². The zero-order valence-corrected chi connectivity index (χ0v) is 8.67. The van der Waals surface area contributed by atoms with Crippen LogP contribution in [0.1, 0.15) is 5.69 Å². The zero-order valence-electron chi connectivity index (χ0n) is 8.67. The van der Waals surface area contributed by atoms with E-state index in [9.17, 15) is 10.1 Å². The number of aromatic nitrogens is 2. The Labute approximate surface area is 86.6 Å². The summed E-state index contributed by atoms with van der Waals surface area (Å²) >= 11 is 0. The average Bonchev–Trinajstić information content (AvgIpc) is 2.35. The van der Waals surface area contributed by atoms with Gasteiger partial charge in [0.05, 0.1) is 4.92 Å². The maximum Gasteiger partial charge on any atom is 0.333 e. The maximum atomic E-state index is 10.9. The Bertz CT molecular complexity index is 407. The standard InChI is InChI=1S/C8H13N5O2/c1-5-7(13(14)15)8(11(2)10-5)12-3-6(9)4-12/h6H,3-4,9H2,1-2H3. The molecule has 2 N–H and O–H groups in total. The van der Waals surface area contributed by atoms with E-state index in [1.165, 1.54) is 0 Å². The first kappa shape index (κ1) is 9.91. The predicted molar refractivity (Wildman–Crippen MR) is 54.8 cm³/mol. The predicted octanol–water partition coefficient (Wildman–Crippen LogP) is -0.216. The van der Waals surface area contributed by atoms with Crippen molar-refractivity contribution in [1.29, 1.82) is 0 Å². The minimum absolute atomic E-state index is 0.0874.